The minimum atomic E-state index is -1.49. The van der Waals surface area contributed by atoms with Gasteiger partial charge in [-0.05, 0) is 25.3 Å². The molecule has 5 rings (SSSR count). The maximum absolute atomic E-state index is 12.0. The third kappa shape index (κ3) is 6.39. The first kappa shape index (κ1) is 26.3. The summed E-state index contributed by atoms with van der Waals surface area (Å²) < 4.78 is 30.4. The fraction of sp³-hybridized carbons (Fsp3) is 0.440. The van der Waals surface area contributed by atoms with E-state index >= 15 is 0 Å². The van der Waals surface area contributed by atoms with Crippen LogP contribution in [0.1, 0.15) is 54.2 Å². The van der Waals surface area contributed by atoms with E-state index in [-0.39, 0.29) is 30.3 Å². The van der Waals surface area contributed by atoms with Crippen LogP contribution in [0, 0.1) is 6.92 Å². The van der Waals surface area contributed by atoms with Gasteiger partial charge in [-0.15, -0.1) is 0 Å². The van der Waals surface area contributed by atoms with Crippen LogP contribution >= 0.6 is 8.38 Å². The van der Waals surface area contributed by atoms with E-state index in [9.17, 15) is 9.59 Å². The van der Waals surface area contributed by atoms with Gasteiger partial charge in [0.2, 0.25) is 5.95 Å². The van der Waals surface area contributed by atoms with E-state index in [1.165, 1.54) is 6.33 Å². The molecule has 1 aliphatic rings. The van der Waals surface area contributed by atoms with Crippen LogP contribution in [0.2, 0.25) is 0 Å². The minimum Gasteiger partial charge on any atom is -0.395 e. The Balaban J connectivity index is 1.21. The van der Waals surface area contributed by atoms with Gasteiger partial charge in [0.15, 0.2) is 31.1 Å². The zero-order chi connectivity index (χ0) is 26.5. The number of rotatable bonds is 12. The molecule has 38 heavy (non-hydrogen) atoms. The van der Waals surface area contributed by atoms with Crippen LogP contribution in [-0.2, 0) is 33.5 Å². The van der Waals surface area contributed by atoms with Gasteiger partial charge in [-0.3, -0.25) is 9.78 Å². The number of H-pyrrole nitrogens is 1. The lowest BCUT2D eigenvalue weighted by molar-refractivity contribution is 0.135. The predicted octanol–water partition coefficient (Wildman–Crippen LogP) is 3.93. The van der Waals surface area contributed by atoms with Crippen molar-refractivity contribution < 1.29 is 22.6 Å². The molecule has 0 aliphatic heterocycles. The molecule has 1 fully saturated rings. The van der Waals surface area contributed by atoms with Crippen LogP contribution in [0.5, 0.6) is 0 Å². The second-order valence-electron chi connectivity index (χ2n) is 9.19. The summed E-state index contributed by atoms with van der Waals surface area (Å²) in [5.74, 6) is 0.473. The monoisotopic (exact) mass is 543 g/mol. The van der Waals surface area contributed by atoms with Gasteiger partial charge >= 0.3 is 5.82 Å². The number of aromatic amines is 1. The topological polar surface area (TPSA) is 161 Å². The first-order chi connectivity index (χ1) is 18.5. The summed E-state index contributed by atoms with van der Waals surface area (Å²) in [5.41, 5.74) is 8.04. The fourth-order valence-corrected chi connectivity index (χ4v) is 5.48. The van der Waals surface area contributed by atoms with Gasteiger partial charge in [-0.1, -0.05) is 42.7 Å². The van der Waals surface area contributed by atoms with E-state index in [2.05, 4.69) is 15.0 Å². The Morgan fingerprint density at radius 3 is 2.68 bits per heavy atom. The van der Waals surface area contributed by atoms with Crippen molar-refractivity contribution in [1.29, 1.82) is 0 Å². The molecule has 0 spiro atoms. The first-order valence-corrected chi connectivity index (χ1v) is 13.8. The van der Waals surface area contributed by atoms with Crippen molar-refractivity contribution in [2.45, 2.75) is 58.3 Å². The van der Waals surface area contributed by atoms with E-state index in [0.29, 0.717) is 36.9 Å². The molecule has 12 nitrogen and oxygen atoms in total. The van der Waals surface area contributed by atoms with Gasteiger partial charge in [0.05, 0.1) is 19.5 Å². The lowest BCUT2D eigenvalue weighted by Gasteiger charge is -2.18. The average Bonchev–Trinajstić information content (AvgIpc) is 3.64. The summed E-state index contributed by atoms with van der Waals surface area (Å²) in [7, 11) is -1.49. The van der Waals surface area contributed by atoms with Crippen molar-refractivity contribution in [3.63, 3.8) is 0 Å². The van der Waals surface area contributed by atoms with E-state index in [0.717, 1.165) is 36.8 Å². The number of nitrogens with one attached hydrogen (secondary N) is 1. The molecule has 0 radical (unpaired) electrons. The van der Waals surface area contributed by atoms with Crippen molar-refractivity contribution >= 4 is 25.5 Å². The van der Waals surface area contributed by atoms with Crippen LogP contribution in [0.15, 0.2) is 49.0 Å². The van der Waals surface area contributed by atoms with Gasteiger partial charge in [0.1, 0.15) is 13.0 Å². The number of aromatic nitrogens is 4. The number of nitrogens with zero attached hydrogens (tertiary/aromatic N) is 3. The van der Waals surface area contributed by atoms with Gasteiger partial charge in [-0.2, -0.15) is 4.98 Å². The molecule has 13 heteroatoms. The zero-order valence-corrected chi connectivity index (χ0v) is 21.9. The molecule has 1 unspecified atom stereocenters. The highest BCUT2D eigenvalue weighted by Crippen LogP contribution is 2.42. The molecule has 202 valence electrons. The van der Waals surface area contributed by atoms with Crippen molar-refractivity contribution in [3.8, 4) is 0 Å². The summed E-state index contributed by atoms with van der Waals surface area (Å²) in [6.07, 6.45) is 5.84. The highest BCUT2D eigenvalue weighted by molar-refractivity contribution is 7.46. The highest BCUT2D eigenvalue weighted by Gasteiger charge is 2.27. The van der Waals surface area contributed by atoms with E-state index in [1.54, 1.807) is 4.57 Å². The maximum atomic E-state index is 12.0. The van der Waals surface area contributed by atoms with Crippen molar-refractivity contribution in [2.24, 2.45) is 0 Å². The van der Waals surface area contributed by atoms with Crippen LogP contribution in [0.3, 0.4) is 0 Å². The number of hydrogen-bond acceptors (Lipinski definition) is 10. The van der Waals surface area contributed by atoms with E-state index < -0.39 is 19.8 Å². The fourth-order valence-electron chi connectivity index (χ4n) is 4.43. The molecular weight excluding hydrogens is 513 g/mol. The molecule has 1 saturated carbocycles. The average molecular weight is 544 g/mol. The Kier molecular flexibility index (Phi) is 8.33. The molecular formula is C25H30N5O7P. The summed E-state index contributed by atoms with van der Waals surface area (Å²) in [6.45, 7) is 3.12. The van der Waals surface area contributed by atoms with Crippen molar-refractivity contribution in [3.05, 3.63) is 74.2 Å². The molecule has 0 amide bonds. The second-order valence-corrected chi connectivity index (χ2v) is 10.6. The molecule has 1 atom stereocenters. The molecule has 0 bridgehead atoms. The number of aryl methyl sites for hydroxylation is 1. The summed E-state index contributed by atoms with van der Waals surface area (Å²) in [6, 6.07) is 8.05. The molecule has 1 aromatic carbocycles. The molecule has 3 heterocycles. The van der Waals surface area contributed by atoms with Crippen molar-refractivity contribution in [2.75, 3.05) is 18.7 Å². The largest absolute Gasteiger partial charge is 0.519 e. The van der Waals surface area contributed by atoms with Crippen LogP contribution in [0.4, 0.5) is 5.95 Å². The third-order valence-electron chi connectivity index (χ3n) is 6.40. The number of anilines is 1. The summed E-state index contributed by atoms with van der Waals surface area (Å²) >= 11 is 0. The SMILES string of the molecule is Cc1ccc(COP(COCCn2cnc3c(=O)[nH]c(N)nc32)OCc2oc(=O)oc2C2CCCC2)cc1. The Labute approximate surface area is 219 Å². The Bertz CT molecular complexity index is 1470. The highest BCUT2D eigenvalue weighted by atomic mass is 31.2. The number of imidazole rings is 1. The number of nitrogens with two attached hydrogens (primary N) is 1. The van der Waals surface area contributed by atoms with Crippen LogP contribution < -0.4 is 17.1 Å². The Morgan fingerprint density at radius 1 is 1.13 bits per heavy atom. The molecule has 3 aromatic heterocycles. The van der Waals surface area contributed by atoms with Crippen molar-refractivity contribution in [1.82, 2.24) is 19.5 Å². The molecule has 1 aliphatic carbocycles. The smallest absolute Gasteiger partial charge is 0.395 e. The van der Waals surface area contributed by atoms with Crippen LogP contribution in [-0.4, -0.2) is 32.5 Å². The van der Waals surface area contributed by atoms with Gasteiger partial charge in [0, 0.05) is 12.5 Å². The number of benzene rings is 1. The van der Waals surface area contributed by atoms with Gasteiger partial charge in [-0.25, -0.2) is 9.78 Å². The second kappa shape index (κ2) is 12.0. The molecule has 3 N–H and O–H groups in total. The third-order valence-corrected chi connectivity index (χ3v) is 7.63. The molecule has 0 saturated heterocycles. The standard InChI is InChI=1S/C25H30N5O7P/c1-16-6-8-17(9-7-16)12-34-38(35-13-19-21(37-25(32)36-19)18-4-2-3-5-18)15-33-11-10-30-14-27-20-22(30)28-24(26)29-23(20)31/h6-9,14,18H,2-5,10-13,15H2,1H3,(H3,26,28,29,31). The number of ether oxygens (including phenoxy) is 1. The summed E-state index contributed by atoms with van der Waals surface area (Å²) in [5, 5.41) is 0. The molecule has 4 aromatic rings. The Morgan fingerprint density at radius 2 is 1.89 bits per heavy atom. The van der Waals surface area contributed by atoms with Crippen LogP contribution in [0.25, 0.3) is 11.2 Å². The predicted molar refractivity (Wildman–Crippen MR) is 140 cm³/mol. The summed E-state index contributed by atoms with van der Waals surface area (Å²) in [4.78, 5) is 34.5. The first-order valence-electron chi connectivity index (χ1n) is 12.5. The maximum Gasteiger partial charge on any atom is 0.519 e. The van der Waals surface area contributed by atoms with Gasteiger partial charge < -0.3 is 32.9 Å². The lowest BCUT2D eigenvalue weighted by atomic mass is 10.0. The minimum absolute atomic E-state index is 0.0227. The number of fused-ring (bicyclic) bond motifs is 1. The van der Waals surface area contributed by atoms with E-state index in [1.807, 2.05) is 31.2 Å². The zero-order valence-electron chi connectivity index (χ0n) is 21.1. The number of hydrogen-bond donors (Lipinski definition) is 2. The van der Waals surface area contributed by atoms with Gasteiger partial charge in [0.25, 0.3) is 5.56 Å². The number of nitrogen functional groups attached to an aromatic ring is 1. The normalized spacial score (nSPS) is 15.0. The van der Waals surface area contributed by atoms with E-state index in [4.69, 9.17) is 28.4 Å². The quantitative estimate of drug-likeness (QED) is 0.198. The Hall–Kier alpha value is -3.31. The lowest BCUT2D eigenvalue weighted by Crippen LogP contribution is -2.13.